The summed E-state index contributed by atoms with van der Waals surface area (Å²) in [7, 11) is 1.69. The Hall–Kier alpha value is -0.730. The number of nitrogens with two attached hydrogens (primary N) is 1. The molecule has 0 bridgehead atoms. The van der Waals surface area contributed by atoms with Crippen LogP contribution in [0.15, 0.2) is 18.2 Å². The van der Waals surface area contributed by atoms with E-state index in [-0.39, 0.29) is 5.54 Å². The quantitative estimate of drug-likeness (QED) is 0.904. The van der Waals surface area contributed by atoms with Crippen molar-refractivity contribution in [2.45, 2.75) is 44.6 Å². The number of rotatable bonds is 3. The molecule has 2 rings (SSSR count). The topological polar surface area (TPSA) is 35.2 Å². The Morgan fingerprint density at radius 3 is 2.94 bits per heavy atom. The fraction of sp³-hybridized carbons (Fsp3) is 0.600. The van der Waals surface area contributed by atoms with Crippen LogP contribution in [0.2, 0.25) is 5.02 Å². The molecule has 0 radical (unpaired) electrons. The van der Waals surface area contributed by atoms with E-state index in [9.17, 15) is 0 Å². The minimum absolute atomic E-state index is 0.102. The molecule has 0 aliphatic heterocycles. The lowest BCUT2D eigenvalue weighted by Crippen LogP contribution is -2.45. The van der Waals surface area contributed by atoms with Crippen molar-refractivity contribution in [1.29, 1.82) is 0 Å². The minimum atomic E-state index is -0.102. The molecule has 1 saturated carbocycles. The van der Waals surface area contributed by atoms with Crippen molar-refractivity contribution in [3.8, 4) is 5.75 Å². The second-order valence-electron chi connectivity index (χ2n) is 5.70. The first-order valence-corrected chi connectivity index (χ1v) is 7.01. The Morgan fingerprint density at radius 1 is 1.50 bits per heavy atom. The van der Waals surface area contributed by atoms with Crippen LogP contribution in [0, 0.1) is 5.92 Å². The lowest BCUT2D eigenvalue weighted by molar-refractivity contribution is 0.233. The highest BCUT2D eigenvalue weighted by atomic mass is 35.5. The van der Waals surface area contributed by atoms with Crippen molar-refractivity contribution >= 4 is 11.6 Å². The van der Waals surface area contributed by atoms with Crippen LogP contribution in [-0.2, 0) is 6.42 Å². The van der Waals surface area contributed by atoms with Gasteiger partial charge in [0.15, 0.2) is 0 Å². The smallest absolute Gasteiger partial charge is 0.122 e. The first kappa shape index (κ1) is 13.7. The zero-order valence-electron chi connectivity index (χ0n) is 11.2. The standard InChI is InChI=1S/C15H22ClNO/c1-11-4-3-7-15(17,9-11)10-12-8-13(16)5-6-14(12)18-2/h5-6,8,11H,3-4,7,9-10,17H2,1-2H3. The third-order valence-corrected chi connectivity index (χ3v) is 4.15. The van der Waals surface area contributed by atoms with Crippen molar-refractivity contribution in [3.63, 3.8) is 0 Å². The Balaban J connectivity index is 2.19. The Morgan fingerprint density at radius 2 is 2.28 bits per heavy atom. The van der Waals surface area contributed by atoms with Crippen LogP contribution in [0.1, 0.15) is 38.2 Å². The fourth-order valence-corrected chi connectivity index (χ4v) is 3.32. The van der Waals surface area contributed by atoms with Gasteiger partial charge >= 0.3 is 0 Å². The highest BCUT2D eigenvalue weighted by Gasteiger charge is 2.31. The van der Waals surface area contributed by atoms with Gasteiger partial charge in [0.2, 0.25) is 0 Å². The van der Waals surface area contributed by atoms with Crippen molar-refractivity contribution in [2.24, 2.45) is 11.7 Å². The second kappa shape index (κ2) is 5.50. The van der Waals surface area contributed by atoms with Gasteiger partial charge in [-0.25, -0.2) is 0 Å². The zero-order valence-corrected chi connectivity index (χ0v) is 12.0. The van der Waals surface area contributed by atoms with Gasteiger partial charge in [0, 0.05) is 10.6 Å². The average molecular weight is 268 g/mol. The van der Waals surface area contributed by atoms with E-state index in [1.54, 1.807) is 7.11 Å². The Labute approximate surface area is 114 Å². The SMILES string of the molecule is COc1ccc(Cl)cc1CC1(N)CCCC(C)C1. The van der Waals surface area contributed by atoms with Crippen LogP contribution >= 0.6 is 11.6 Å². The zero-order chi connectivity index (χ0) is 13.2. The van der Waals surface area contributed by atoms with Gasteiger partial charge in [0.25, 0.3) is 0 Å². The largest absolute Gasteiger partial charge is 0.496 e. The van der Waals surface area contributed by atoms with Gasteiger partial charge in [0.05, 0.1) is 7.11 Å². The van der Waals surface area contributed by atoms with Crippen molar-refractivity contribution < 1.29 is 4.74 Å². The van der Waals surface area contributed by atoms with Crippen LogP contribution in [0.25, 0.3) is 0 Å². The normalized spacial score (nSPS) is 28.1. The molecule has 2 unspecified atom stereocenters. The predicted molar refractivity (Wildman–Crippen MR) is 76.3 cm³/mol. The van der Waals surface area contributed by atoms with Gasteiger partial charge in [-0.15, -0.1) is 0 Å². The third kappa shape index (κ3) is 3.18. The van der Waals surface area contributed by atoms with Crippen molar-refractivity contribution in [2.75, 3.05) is 7.11 Å². The molecule has 2 N–H and O–H groups in total. The number of methoxy groups -OCH3 is 1. The molecule has 1 aliphatic rings. The predicted octanol–water partition coefficient (Wildman–Crippen LogP) is 3.80. The van der Waals surface area contributed by atoms with Crippen molar-refractivity contribution in [1.82, 2.24) is 0 Å². The maximum atomic E-state index is 6.56. The van der Waals surface area contributed by atoms with E-state index in [0.29, 0.717) is 5.92 Å². The summed E-state index contributed by atoms with van der Waals surface area (Å²) in [4.78, 5) is 0. The van der Waals surface area contributed by atoms with Gasteiger partial charge in [-0.05, 0) is 48.9 Å². The van der Waals surface area contributed by atoms with E-state index in [4.69, 9.17) is 22.1 Å². The molecule has 18 heavy (non-hydrogen) atoms. The van der Waals surface area contributed by atoms with E-state index in [1.165, 1.54) is 12.8 Å². The third-order valence-electron chi connectivity index (χ3n) is 3.91. The summed E-state index contributed by atoms with van der Waals surface area (Å²) >= 11 is 6.07. The molecule has 2 nitrogen and oxygen atoms in total. The molecule has 1 aromatic rings. The van der Waals surface area contributed by atoms with Gasteiger partial charge in [-0.1, -0.05) is 31.4 Å². The summed E-state index contributed by atoms with van der Waals surface area (Å²) < 4.78 is 5.40. The summed E-state index contributed by atoms with van der Waals surface area (Å²) in [6, 6.07) is 5.76. The molecular weight excluding hydrogens is 246 g/mol. The van der Waals surface area contributed by atoms with Crippen LogP contribution in [0.5, 0.6) is 5.75 Å². The van der Waals surface area contributed by atoms with E-state index < -0.39 is 0 Å². The maximum Gasteiger partial charge on any atom is 0.122 e. The van der Waals surface area contributed by atoms with Gasteiger partial charge in [-0.3, -0.25) is 0 Å². The molecule has 0 spiro atoms. The van der Waals surface area contributed by atoms with Gasteiger partial charge in [-0.2, -0.15) is 0 Å². The number of ether oxygens (including phenoxy) is 1. The summed E-state index contributed by atoms with van der Waals surface area (Å²) in [6.45, 7) is 2.29. The first-order valence-electron chi connectivity index (χ1n) is 6.64. The van der Waals surface area contributed by atoms with Crippen LogP contribution in [-0.4, -0.2) is 12.6 Å². The number of hydrogen-bond acceptors (Lipinski definition) is 2. The molecule has 1 aromatic carbocycles. The minimum Gasteiger partial charge on any atom is -0.496 e. The lowest BCUT2D eigenvalue weighted by atomic mass is 9.74. The lowest BCUT2D eigenvalue weighted by Gasteiger charge is -2.37. The molecule has 100 valence electrons. The summed E-state index contributed by atoms with van der Waals surface area (Å²) in [5.41, 5.74) is 7.58. The van der Waals surface area contributed by atoms with Crippen molar-refractivity contribution in [3.05, 3.63) is 28.8 Å². The van der Waals surface area contributed by atoms with Gasteiger partial charge in [0.1, 0.15) is 5.75 Å². The Bertz CT molecular complexity index is 421. The van der Waals surface area contributed by atoms with E-state index in [0.717, 1.165) is 35.6 Å². The van der Waals surface area contributed by atoms with E-state index in [1.807, 2.05) is 18.2 Å². The summed E-state index contributed by atoms with van der Waals surface area (Å²) in [6.07, 6.45) is 5.54. The van der Waals surface area contributed by atoms with Crippen LogP contribution in [0.3, 0.4) is 0 Å². The highest BCUT2D eigenvalue weighted by molar-refractivity contribution is 6.30. The van der Waals surface area contributed by atoms with Gasteiger partial charge < -0.3 is 10.5 Å². The fourth-order valence-electron chi connectivity index (χ4n) is 3.13. The molecule has 1 aliphatic carbocycles. The molecule has 0 heterocycles. The molecule has 2 atom stereocenters. The molecule has 3 heteroatoms. The molecule has 0 saturated heterocycles. The van der Waals surface area contributed by atoms with E-state index >= 15 is 0 Å². The van der Waals surface area contributed by atoms with Crippen LogP contribution in [0.4, 0.5) is 0 Å². The number of halogens is 1. The number of hydrogen-bond donors (Lipinski definition) is 1. The molecule has 1 fully saturated rings. The number of benzene rings is 1. The molecular formula is C15H22ClNO. The second-order valence-corrected chi connectivity index (χ2v) is 6.13. The molecule has 0 amide bonds. The Kier molecular flexibility index (Phi) is 4.18. The molecule has 0 aromatic heterocycles. The van der Waals surface area contributed by atoms with Crippen LogP contribution < -0.4 is 10.5 Å². The first-order chi connectivity index (χ1) is 8.52. The summed E-state index contributed by atoms with van der Waals surface area (Å²) in [5.74, 6) is 1.61. The van der Waals surface area contributed by atoms with E-state index in [2.05, 4.69) is 6.92 Å². The monoisotopic (exact) mass is 267 g/mol. The average Bonchev–Trinajstić information content (AvgIpc) is 2.28. The maximum absolute atomic E-state index is 6.56. The summed E-state index contributed by atoms with van der Waals surface area (Å²) in [5, 5.41) is 0.748. The highest BCUT2D eigenvalue weighted by Crippen LogP contribution is 2.35.